The molecule has 0 amide bonds. The molecule has 1 unspecified atom stereocenters. The summed E-state index contributed by atoms with van der Waals surface area (Å²) in [5, 5.41) is 67.1. The average Bonchev–Trinajstić information content (AvgIpc) is 3.82. The van der Waals surface area contributed by atoms with E-state index in [2.05, 4.69) is 19.1 Å². The molecule has 0 aliphatic carbocycles. The quantitative estimate of drug-likeness (QED) is 0.0321. The number of esters is 2. The third kappa shape index (κ3) is 10.2. The third-order valence-electron chi connectivity index (χ3n) is 12.0. The van der Waals surface area contributed by atoms with Gasteiger partial charge in [0.05, 0.1) is 48.6 Å². The van der Waals surface area contributed by atoms with E-state index in [1.165, 1.54) is 7.11 Å². The number of hydrogen-bond donors (Lipinski definition) is 6. The van der Waals surface area contributed by atoms with E-state index >= 15 is 0 Å². The maximum Gasteiger partial charge on any atom is 0.338 e. The molecular formula is C52H56N2O10. The monoisotopic (exact) mass is 868 g/mol. The molecule has 0 aliphatic rings. The van der Waals surface area contributed by atoms with Gasteiger partial charge in [0.15, 0.2) is 0 Å². The average molecular weight is 869 g/mol. The number of rotatable bonds is 20. The number of methoxy groups -OCH3 is 1. The van der Waals surface area contributed by atoms with Crippen LogP contribution in [-0.2, 0) is 54.7 Å². The molecule has 12 heteroatoms. The van der Waals surface area contributed by atoms with Gasteiger partial charge in [-0.1, -0.05) is 55.8 Å². The summed E-state index contributed by atoms with van der Waals surface area (Å²) in [6.07, 6.45) is 8.75. The summed E-state index contributed by atoms with van der Waals surface area (Å²) in [4.78, 5) is 24.8. The van der Waals surface area contributed by atoms with E-state index in [0.717, 1.165) is 76.2 Å². The van der Waals surface area contributed by atoms with Crippen molar-refractivity contribution < 1.29 is 49.7 Å². The first kappa shape index (κ1) is 45.3. The Kier molecular flexibility index (Phi) is 14.6. The standard InChI is InChI=1S/C52H56N2O10/c1-3-4-11-34-17-21-48(58)44(49(34)59)31-54-29-39(26-40(56)32-64-52(62)36-13-6-5-7-14-36)41-19-15-33(25-46(41)54)10-8-9-12-35-18-22-47(57)43(50(35)60)30-53-28-38(23-24-55)42-27-37(51(61)63-2)16-20-45(42)53/h5-7,13-22,25,27-29,40,55-60H,3-4,8-12,23-24,26,30-32H2,1-2H3. The maximum absolute atomic E-state index is 12.6. The van der Waals surface area contributed by atoms with Crippen molar-refractivity contribution in [3.8, 4) is 23.0 Å². The fourth-order valence-corrected chi connectivity index (χ4v) is 8.49. The van der Waals surface area contributed by atoms with Gasteiger partial charge in [0.2, 0.25) is 0 Å². The normalized spacial score (nSPS) is 11.9. The summed E-state index contributed by atoms with van der Waals surface area (Å²) in [7, 11) is 1.32. The number of unbranched alkanes of at least 4 members (excludes halogenated alkanes) is 2. The van der Waals surface area contributed by atoms with Crippen LogP contribution in [-0.4, -0.2) is 78.1 Å². The molecule has 12 nitrogen and oxygen atoms in total. The Hall–Kier alpha value is -6.76. The van der Waals surface area contributed by atoms with Crippen LogP contribution >= 0.6 is 0 Å². The van der Waals surface area contributed by atoms with Crippen molar-refractivity contribution in [2.24, 2.45) is 0 Å². The van der Waals surface area contributed by atoms with Gasteiger partial charge in [0.1, 0.15) is 29.6 Å². The lowest BCUT2D eigenvalue weighted by Crippen LogP contribution is -2.21. The number of carbonyl (C=O) groups is 2. The summed E-state index contributed by atoms with van der Waals surface area (Å²) in [6, 6.07) is 26.7. The first-order valence-corrected chi connectivity index (χ1v) is 21.9. The van der Waals surface area contributed by atoms with E-state index in [0.29, 0.717) is 47.1 Å². The Balaban J connectivity index is 1.08. The van der Waals surface area contributed by atoms with E-state index in [4.69, 9.17) is 9.47 Å². The SMILES string of the molecule is CCCCc1ccc(O)c(Cn2cc(CC(O)COC(=O)c3ccccc3)c3ccc(CCCCc4ccc(O)c(Cn5cc(CCO)c6cc(C(=O)OC)ccc65)c4O)cc32)c1O. The van der Waals surface area contributed by atoms with Gasteiger partial charge in [-0.3, -0.25) is 0 Å². The van der Waals surface area contributed by atoms with Gasteiger partial charge >= 0.3 is 11.9 Å². The molecule has 0 bridgehead atoms. The third-order valence-corrected chi connectivity index (χ3v) is 12.0. The van der Waals surface area contributed by atoms with Crippen LogP contribution in [0.5, 0.6) is 23.0 Å². The second-order valence-electron chi connectivity index (χ2n) is 16.4. The molecule has 5 aromatic carbocycles. The predicted octanol–water partition coefficient (Wildman–Crippen LogP) is 8.50. The first-order valence-electron chi connectivity index (χ1n) is 21.9. The van der Waals surface area contributed by atoms with E-state index in [1.54, 1.807) is 66.7 Å². The highest BCUT2D eigenvalue weighted by Crippen LogP contribution is 2.36. The topological polar surface area (TPSA) is 184 Å². The minimum absolute atomic E-state index is 0.00631. The lowest BCUT2D eigenvalue weighted by molar-refractivity contribution is 0.0259. The molecule has 0 aliphatic heterocycles. The highest BCUT2D eigenvalue weighted by molar-refractivity contribution is 5.96. The zero-order valence-corrected chi connectivity index (χ0v) is 36.3. The van der Waals surface area contributed by atoms with Crippen LogP contribution in [0.1, 0.15) is 92.3 Å². The highest BCUT2D eigenvalue weighted by Gasteiger charge is 2.21. The highest BCUT2D eigenvalue weighted by atomic mass is 16.5. The molecule has 64 heavy (non-hydrogen) atoms. The lowest BCUT2D eigenvalue weighted by Gasteiger charge is -2.14. The molecule has 2 heterocycles. The summed E-state index contributed by atoms with van der Waals surface area (Å²) < 4.78 is 14.2. The molecule has 7 rings (SSSR count). The number of carbonyl (C=O) groups excluding carboxylic acids is 2. The summed E-state index contributed by atoms with van der Waals surface area (Å²) in [5.74, 6) is -0.933. The van der Waals surface area contributed by atoms with Gasteiger partial charge in [-0.05, 0) is 121 Å². The number of phenolic OH excluding ortho intramolecular Hbond substituents is 4. The number of benzene rings is 5. The summed E-state index contributed by atoms with van der Waals surface area (Å²) in [5.41, 5.74) is 7.41. The van der Waals surface area contributed by atoms with E-state index in [1.807, 2.05) is 33.7 Å². The number of ether oxygens (including phenoxy) is 2. The van der Waals surface area contributed by atoms with Crippen molar-refractivity contribution >= 4 is 33.7 Å². The van der Waals surface area contributed by atoms with Gasteiger partial charge in [-0.2, -0.15) is 0 Å². The zero-order valence-electron chi connectivity index (χ0n) is 36.3. The van der Waals surface area contributed by atoms with Crippen molar-refractivity contribution in [1.29, 1.82) is 0 Å². The van der Waals surface area contributed by atoms with Crippen LogP contribution < -0.4 is 0 Å². The summed E-state index contributed by atoms with van der Waals surface area (Å²) in [6.45, 7) is 2.17. The minimum atomic E-state index is -0.977. The van der Waals surface area contributed by atoms with E-state index < -0.39 is 18.0 Å². The van der Waals surface area contributed by atoms with Gasteiger partial charge in [-0.25, -0.2) is 9.59 Å². The second kappa shape index (κ2) is 20.6. The lowest BCUT2D eigenvalue weighted by atomic mass is 9.99. The fraction of sp³-hybridized carbons (Fsp3) is 0.308. The Labute approximate surface area is 372 Å². The van der Waals surface area contributed by atoms with Gasteiger partial charge in [0, 0.05) is 47.2 Å². The molecule has 0 saturated carbocycles. The molecule has 0 fully saturated rings. The smallest absolute Gasteiger partial charge is 0.338 e. The Morgan fingerprint density at radius 1 is 0.625 bits per heavy atom. The van der Waals surface area contributed by atoms with Crippen LogP contribution in [0, 0.1) is 0 Å². The Morgan fingerprint density at radius 3 is 1.92 bits per heavy atom. The van der Waals surface area contributed by atoms with E-state index in [-0.39, 0.29) is 55.7 Å². The van der Waals surface area contributed by atoms with Crippen molar-refractivity contribution in [2.75, 3.05) is 20.3 Å². The zero-order chi connectivity index (χ0) is 45.3. The predicted molar refractivity (Wildman–Crippen MR) is 245 cm³/mol. The van der Waals surface area contributed by atoms with Crippen LogP contribution in [0.25, 0.3) is 21.8 Å². The minimum Gasteiger partial charge on any atom is -0.507 e. The Bertz CT molecular complexity index is 2750. The first-order chi connectivity index (χ1) is 31.0. The van der Waals surface area contributed by atoms with Crippen molar-refractivity contribution in [3.05, 3.63) is 153 Å². The molecule has 334 valence electrons. The van der Waals surface area contributed by atoms with Gasteiger partial charge in [0.25, 0.3) is 0 Å². The summed E-state index contributed by atoms with van der Waals surface area (Å²) >= 11 is 0. The van der Waals surface area contributed by atoms with Gasteiger partial charge in [-0.15, -0.1) is 0 Å². The molecule has 7 aromatic rings. The molecule has 6 N–H and O–H groups in total. The molecule has 0 saturated heterocycles. The molecular weight excluding hydrogens is 813 g/mol. The number of hydrogen-bond acceptors (Lipinski definition) is 10. The largest absolute Gasteiger partial charge is 0.507 e. The molecule has 1 atom stereocenters. The van der Waals surface area contributed by atoms with E-state index in [9.17, 15) is 40.2 Å². The second-order valence-corrected chi connectivity index (χ2v) is 16.4. The number of nitrogens with zero attached hydrogens (tertiary/aromatic N) is 2. The van der Waals surface area contributed by atoms with Crippen molar-refractivity contribution in [2.45, 2.75) is 83.9 Å². The number of aromatic nitrogens is 2. The number of aromatic hydroxyl groups is 4. The molecule has 0 spiro atoms. The van der Waals surface area contributed by atoms with Gasteiger partial charge < -0.3 is 49.2 Å². The van der Waals surface area contributed by atoms with Crippen molar-refractivity contribution in [1.82, 2.24) is 9.13 Å². The fourth-order valence-electron chi connectivity index (χ4n) is 8.49. The number of aliphatic hydroxyl groups is 2. The number of aliphatic hydroxyl groups excluding tert-OH is 2. The maximum atomic E-state index is 12.6. The number of aryl methyl sites for hydroxylation is 3. The number of fused-ring (bicyclic) bond motifs is 2. The van der Waals surface area contributed by atoms with Crippen LogP contribution in [0.4, 0.5) is 0 Å². The Morgan fingerprint density at radius 2 is 1.27 bits per heavy atom. The molecule has 2 aromatic heterocycles. The molecule has 0 radical (unpaired) electrons. The van der Waals surface area contributed by atoms with Crippen LogP contribution in [0.2, 0.25) is 0 Å². The van der Waals surface area contributed by atoms with Crippen molar-refractivity contribution in [3.63, 3.8) is 0 Å². The van der Waals surface area contributed by atoms with Crippen LogP contribution in [0.15, 0.2) is 103 Å². The van der Waals surface area contributed by atoms with Crippen LogP contribution in [0.3, 0.4) is 0 Å². The number of phenols is 4.